The van der Waals surface area contributed by atoms with Crippen molar-refractivity contribution in [3.8, 4) is 0 Å². The average molecular weight is 440 g/mol. The van der Waals surface area contributed by atoms with Crippen LogP contribution < -0.4 is 5.56 Å². The van der Waals surface area contributed by atoms with Crippen LogP contribution in [0.15, 0.2) is 48.7 Å². The van der Waals surface area contributed by atoms with Gasteiger partial charge in [0, 0.05) is 15.1 Å². The van der Waals surface area contributed by atoms with E-state index in [9.17, 15) is 9.18 Å². The van der Waals surface area contributed by atoms with Crippen molar-refractivity contribution in [1.82, 2.24) is 4.57 Å². The van der Waals surface area contributed by atoms with Crippen LogP contribution in [0.2, 0.25) is 0 Å². The summed E-state index contributed by atoms with van der Waals surface area (Å²) in [6.07, 6.45) is 1.70. The number of pyridine rings is 1. The number of hydrogen-bond donors (Lipinski definition) is 0. The smallest absolute Gasteiger partial charge is 0.265 e. The Balaban J connectivity index is 2.43. The van der Waals surface area contributed by atoms with E-state index in [1.807, 2.05) is 0 Å². The van der Waals surface area contributed by atoms with Crippen molar-refractivity contribution in [2.24, 2.45) is 0 Å². The molecule has 18 heavy (non-hydrogen) atoms. The third-order valence-electron chi connectivity index (χ3n) is 2.36. The summed E-state index contributed by atoms with van der Waals surface area (Å²) in [5.74, 6) is -0.312. The molecule has 2 aromatic rings. The van der Waals surface area contributed by atoms with Crippen molar-refractivity contribution in [2.45, 2.75) is 6.54 Å². The van der Waals surface area contributed by atoms with E-state index < -0.39 is 0 Å². The van der Waals surface area contributed by atoms with Crippen LogP contribution in [0.5, 0.6) is 0 Å². The number of benzene rings is 1. The summed E-state index contributed by atoms with van der Waals surface area (Å²) in [7, 11) is 0. The molecule has 0 aliphatic carbocycles. The minimum absolute atomic E-state index is 0.130. The van der Waals surface area contributed by atoms with Gasteiger partial charge in [-0.25, -0.2) is 4.39 Å². The predicted octanol–water partition coefficient (Wildman–Crippen LogP) is 4.32. The largest absolute Gasteiger partial charge is 0.309 e. The molecule has 0 atom stereocenters. The fourth-order valence-electron chi connectivity index (χ4n) is 1.52. The quantitative estimate of drug-likeness (QED) is 0.683. The Labute approximate surface area is 128 Å². The van der Waals surface area contributed by atoms with Crippen LogP contribution in [0, 0.1) is 5.82 Å². The van der Waals surface area contributed by atoms with Gasteiger partial charge in [-0.15, -0.1) is 0 Å². The van der Waals surface area contributed by atoms with Crippen molar-refractivity contribution < 1.29 is 4.39 Å². The maximum absolute atomic E-state index is 13.0. The van der Waals surface area contributed by atoms with Crippen LogP contribution >= 0.6 is 47.8 Å². The molecule has 0 spiro atoms. The second-order valence-electron chi connectivity index (χ2n) is 3.68. The number of nitrogens with zero attached hydrogens (tertiary/aromatic N) is 1. The summed E-state index contributed by atoms with van der Waals surface area (Å²) in [6, 6.07) is 6.10. The molecule has 94 valence electrons. The van der Waals surface area contributed by atoms with E-state index in [4.69, 9.17) is 0 Å². The van der Waals surface area contributed by atoms with Gasteiger partial charge in [0.15, 0.2) is 0 Å². The summed E-state index contributed by atoms with van der Waals surface area (Å²) >= 11 is 9.82. The first-order chi connectivity index (χ1) is 8.47. The second-order valence-corrected chi connectivity index (χ2v) is 6.30. The molecule has 1 aromatic heterocycles. The average Bonchev–Trinajstić information content (AvgIpc) is 2.29. The Kier molecular flexibility index (Phi) is 4.40. The molecule has 0 bridgehead atoms. The van der Waals surface area contributed by atoms with E-state index in [0.29, 0.717) is 15.5 Å². The molecule has 0 unspecified atom stereocenters. The third-order valence-corrected chi connectivity index (χ3v) is 4.10. The highest BCUT2D eigenvalue weighted by Gasteiger charge is 2.07. The van der Waals surface area contributed by atoms with Crippen molar-refractivity contribution in [2.75, 3.05) is 0 Å². The standard InChI is InChI=1S/C12H7Br3FNO/c13-8-3-11(15)12(18)17(6-8)5-7-1-2-9(16)4-10(7)14/h1-4,6H,5H2. The van der Waals surface area contributed by atoms with Gasteiger partial charge in [0.2, 0.25) is 0 Å². The molecule has 6 heteroatoms. The van der Waals surface area contributed by atoms with Gasteiger partial charge in [-0.05, 0) is 55.6 Å². The van der Waals surface area contributed by atoms with Crippen molar-refractivity contribution in [3.05, 3.63) is 65.6 Å². The first-order valence-corrected chi connectivity index (χ1v) is 7.34. The van der Waals surface area contributed by atoms with E-state index in [0.717, 1.165) is 10.0 Å². The predicted molar refractivity (Wildman–Crippen MR) is 79.3 cm³/mol. The lowest BCUT2D eigenvalue weighted by Gasteiger charge is -2.09. The summed E-state index contributed by atoms with van der Waals surface area (Å²) in [6.45, 7) is 0.373. The molecular formula is C12H7Br3FNO. The molecule has 0 fully saturated rings. The Morgan fingerprint density at radius 3 is 2.50 bits per heavy atom. The van der Waals surface area contributed by atoms with Gasteiger partial charge in [0.05, 0.1) is 11.0 Å². The number of hydrogen-bond acceptors (Lipinski definition) is 1. The summed E-state index contributed by atoms with van der Waals surface area (Å²) in [5, 5.41) is 0. The zero-order valence-corrected chi connectivity index (χ0v) is 13.7. The number of aromatic nitrogens is 1. The highest BCUT2D eigenvalue weighted by molar-refractivity contribution is 9.11. The normalized spacial score (nSPS) is 10.7. The van der Waals surface area contributed by atoms with Gasteiger partial charge in [-0.1, -0.05) is 22.0 Å². The zero-order chi connectivity index (χ0) is 13.3. The molecule has 1 aromatic carbocycles. The summed E-state index contributed by atoms with van der Waals surface area (Å²) in [4.78, 5) is 11.9. The van der Waals surface area contributed by atoms with Crippen LogP contribution in [-0.4, -0.2) is 4.57 Å². The minimum Gasteiger partial charge on any atom is -0.309 e. The lowest BCUT2D eigenvalue weighted by Crippen LogP contribution is -2.20. The molecular weight excluding hydrogens is 433 g/mol. The fourth-order valence-corrected chi connectivity index (χ4v) is 3.25. The van der Waals surface area contributed by atoms with Crippen LogP contribution in [-0.2, 0) is 6.54 Å². The highest BCUT2D eigenvalue weighted by atomic mass is 79.9. The maximum Gasteiger partial charge on any atom is 0.265 e. The van der Waals surface area contributed by atoms with Gasteiger partial charge in [0.25, 0.3) is 5.56 Å². The molecule has 0 aliphatic heterocycles. The molecule has 2 nitrogen and oxygen atoms in total. The molecule has 0 aliphatic rings. The van der Waals surface area contributed by atoms with E-state index in [-0.39, 0.29) is 11.4 Å². The Morgan fingerprint density at radius 2 is 1.83 bits per heavy atom. The fraction of sp³-hybridized carbons (Fsp3) is 0.0833. The SMILES string of the molecule is O=c1c(Br)cc(Br)cn1Cc1ccc(F)cc1Br. The highest BCUT2D eigenvalue weighted by Crippen LogP contribution is 2.20. The van der Waals surface area contributed by atoms with Crippen LogP contribution in [0.3, 0.4) is 0 Å². The lowest BCUT2D eigenvalue weighted by atomic mass is 10.2. The van der Waals surface area contributed by atoms with Crippen molar-refractivity contribution in [1.29, 1.82) is 0 Å². The van der Waals surface area contributed by atoms with Crippen molar-refractivity contribution in [3.63, 3.8) is 0 Å². The van der Waals surface area contributed by atoms with Crippen LogP contribution in [0.4, 0.5) is 4.39 Å². The monoisotopic (exact) mass is 437 g/mol. The number of halogens is 4. The first kappa shape index (κ1) is 14.0. The topological polar surface area (TPSA) is 22.0 Å². The van der Waals surface area contributed by atoms with Crippen LogP contribution in [0.1, 0.15) is 5.56 Å². The lowest BCUT2D eigenvalue weighted by molar-refractivity contribution is 0.624. The first-order valence-electron chi connectivity index (χ1n) is 4.97. The summed E-state index contributed by atoms with van der Waals surface area (Å²) in [5.41, 5.74) is 0.706. The Hall–Kier alpha value is -0.460. The van der Waals surface area contributed by atoms with Gasteiger partial charge in [-0.3, -0.25) is 4.79 Å². The molecule has 1 heterocycles. The minimum atomic E-state index is -0.312. The maximum atomic E-state index is 13.0. The molecule has 0 N–H and O–H groups in total. The Bertz CT molecular complexity index is 654. The zero-order valence-electron chi connectivity index (χ0n) is 8.96. The van der Waals surface area contributed by atoms with Crippen LogP contribution in [0.25, 0.3) is 0 Å². The van der Waals surface area contributed by atoms with E-state index in [1.54, 1.807) is 22.9 Å². The molecule has 0 saturated heterocycles. The van der Waals surface area contributed by atoms with Gasteiger partial charge in [0.1, 0.15) is 5.82 Å². The van der Waals surface area contributed by atoms with Crippen molar-refractivity contribution >= 4 is 47.8 Å². The van der Waals surface area contributed by atoms with Gasteiger partial charge in [-0.2, -0.15) is 0 Å². The molecule has 0 amide bonds. The third kappa shape index (κ3) is 3.10. The van der Waals surface area contributed by atoms with Gasteiger partial charge >= 0.3 is 0 Å². The van der Waals surface area contributed by atoms with E-state index >= 15 is 0 Å². The summed E-state index contributed by atoms with van der Waals surface area (Å²) < 4.78 is 16.5. The number of rotatable bonds is 2. The second kappa shape index (κ2) is 5.67. The Morgan fingerprint density at radius 1 is 1.11 bits per heavy atom. The molecule has 2 rings (SSSR count). The van der Waals surface area contributed by atoms with E-state index in [1.165, 1.54) is 12.1 Å². The molecule has 0 radical (unpaired) electrons. The van der Waals surface area contributed by atoms with E-state index in [2.05, 4.69) is 47.8 Å². The van der Waals surface area contributed by atoms with Gasteiger partial charge < -0.3 is 4.57 Å². The molecule has 0 saturated carbocycles.